The highest BCUT2D eigenvalue weighted by Crippen LogP contribution is 2.37. The molecule has 0 heterocycles. The number of hydrogen-bond donors (Lipinski definition) is 1. The number of benzene rings is 3. The third-order valence-corrected chi connectivity index (χ3v) is 4.63. The molecule has 0 atom stereocenters. The van der Waals surface area contributed by atoms with Crippen LogP contribution in [0.15, 0.2) is 76.3 Å². The number of carbonyl (C=O) groups excluding carboxylic acids is 1. The number of hydrogen-bond acceptors (Lipinski definition) is 4. The molecular formula is C23H20BrFN2O3. The second-order valence-electron chi connectivity index (χ2n) is 6.24. The van der Waals surface area contributed by atoms with E-state index >= 15 is 0 Å². The van der Waals surface area contributed by atoms with Crippen molar-refractivity contribution in [1.82, 2.24) is 5.43 Å². The van der Waals surface area contributed by atoms with E-state index in [4.69, 9.17) is 9.47 Å². The van der Waals surface area contributed by atoms with Crippen LogP contribution >= 0.6 is 15.9 Å². The molecule has 0 saturated heterocycles. The summed E-state index contributed by atoms with van der Waals surface area (Å²) in [7, 11) is 0. The van der Waals surface area contributed by atoms with E-state index in [2.05, 4.69) is 26.5 Å². The van der Waals surface area contributed by atoms with E-state index in [9.17, 15) is 9.18 Å². The number of ether oxygens (including phenoxy) is 2. The van der Waals surface area contributed by atoms with Gasteiger partial charge in [0.1, 0.15) is 12.4 Å². The highest BCUT2D eigenvalue weighted by atomic mass is 79.9. The van der Waals surface area contributed by atoms with Gasteiger partial charge in [-0.2, -0.15) is 5.10 Å². The maximum atomic E-state index is 13.1. The Bertz CT molecular complexity index is 1020. The van der Waals surface area contributed by atoms with Crippen molar-refractivity contribution in [3.63, 3.8) is 0 Å². The third-order valence-electron chi connectivity index (χ3n) is 4.04. The zero-order valence-corrected chi connectivity index (χ0v) is 17.9. The number of nitrogens with zero attached hydrogens (tertiary/aromatic N) is 1. The van der Waals surface area contributed by atoms with Gasteiger partial charge in [0, 0.05) is 5.56 Å². The first-order chi connectivity index (χ1) is 14.6. The third kappa shape index (κ3) is 5.90. The van der Waals surface area contributed by atoms with Crippen molar-refractivity contribution in [2.45, 2.75) is 13.5 Å². The van der Waals surface area contributed by atoms with Crippen molar-refractivity contribution < 1.29 is 18.7 Å². The smallest absolute Gasteiger partial charge is 0.271 e. The number of halogens is 2. The summed E-state index contributed by atoms with van der Waals surface area (Å²) in [4.78, 5) is 12.1. The van der Waals surface area contributed by atoms with Crippen molar-refractivity contribution in [1.29, 1.82) is 0 Å². The van der Waals surface area contributed by atoms with E-state index in [0.29, 0.717) is 33.7 Å². The predicted octanol–water partition coefficient (Wildman–Crippen LogP) is 5.33. The molecule has 3 aromatic rings. The summed E-state index contributed by atoms with van der Waals surface area (Å²) in [5.74, 6) is 0.476. The van der Waals surface area contributed by atoms with Crippen molar-refractivity contribution >= 4 is 28.1 Å². The lowest BCUT2D eigenvalue weighted by Gasteiger charge is -2.14. The van der Waals surface area contributed by atoms with E-state index in [0.717, 1.165) is 5.56 Å². The normalized spacial score (nSPS) is 10.8. The van der Waals surface area contributed by atoms with Gasteiger partial charge in [0.15, 0.2) is 11.5 Å². The maximum absolute atomic E-state index is 13.1. The Morgan fingerprint density at radius 1 is 1.10 bits per heavy atom. The molecule has 0 saturated carbocycles. The fraction of sp³-hybridized carbons (Fsp3) is 0.130. The Kier molecular flexibility index (Phi) is 7.57. The molecular weight excluding hydrogens is 451 g/mol. The molecule has 0 unspecified atom stereocenters. The summed E-state index contributed by atoms with van der Waals surface area (Å²) in [6.45, 7) is 2.59. The molecule has 30 heavy (non-hydrogen) atoms. The Hall–Kier alpha value is -3.19. The lowest BCUT2D eigenvalue weighted by atomic mass is 10.2. The molecule has 0 bridgehead atoms. The van der Waals surface area contributed by atoms with Gasteiger partial charge in [-0.25, -0.2) is 9.82 Å². The highest BCUT2D eigenvalue weighted by Gasteiger charge is 2.12. The number of carbonyl (C=O) groups is 1. The van der Waals surface area contributed by atoms with E-state index in [1.165, 1.54) is 18.3 Å². The first kappa shape index (κ1) is 21.5. The summed E-state index contributed by atoms with van der Waals surface area (Å²) in [6.07, 6.45) is 1.53. The van der Waals surface area contributed by atoms with Crippen LogP contribution in [0, 0.1) is 5.82 Å². The molecule has 0 aromatic heterocycles. The van der Waals surface area contributed by atoms with E-state index in [1.54, 1.807) is 48.5 Å². The molecule has 5 nitrogen and oxygen atoms in total. The van der Waals surface area contributed by atoms with Crippen molar-refractivity contribution in [2.75, 3.05) is 6.61 Å². The minimum atomic E-state index is -0.296. The zero-order valence-electron chi connectivity index (χ0n) is 16.3. The molecule has 0 aliphatic carbocycles. The molecule has 0 aliphatic rings. The molecule has 0 fully saturated rings. The van der Waals surface area contributed by atoms with Crippen molar-refractivity contribution in [3.05, 3.63) is 93.7 Å². The van der Waals surface area contributed by atoms with Crippen molar-refractivity contribution in [3.8, 4) is 11.5 Å². The van der Waals surface area contributed by atoms with Gasteiger partial charge < -0.3 is 9.47 Å². The molecule has 0 spiro atoms. The van der Waals surface area contributed by atoms with Gasteiger partial charge in [-0.3, -0.25) is 4.79 Å². The van der Waals surface area contributed by atoms with Crippen LogP contribution in [0.3, 0.4) is 0 Å². The second-order valence-corrected chi connectivity index (χ2v) is 7.10. The maximum Gasteiger partial charge on any atom is 0.271 e. The number of amides is 1. The second kappa shape index (κ2) is 10.5. The largest absolute Gasteiger partial charge is 0.490 e. The fourth-order valence-electron chi connectivity index (χ4n) is 2.62. The standard InChI is InChI=1S/C23H20BrFN2O3/c1-2-29-21-13-17(14-26-27-23(28)18-6-4-3-5-7-18)12-20(24)22(21)30-15-16-8-10-19(25)11-9-16/h3-14H,2,15H2,1H3,(H,27,28)/b26-14-. The number of hydrazone groups is 1. The first-order valence-electron chi connectivity index (χ1n) is 9.29. The van der Waals surface area contributed by atoms with Gasteiger partial charge in [0.2, 0.25) is 0 Å². The Balaban J connectivity index is 1.71. The molecule has 1 amide bonds. The average Bonchev–Trinajstić information content (AvgIpc) is 2.75. The Morgan fingerprint density at radius 3 is 2.53 bits per heavy atom. The average molecular weight is 471 g/mol. The van der Waals surface area contributed by atoms with Gasteiger partial charge in [-0.15, -0.1) is 0 Å². The van der Waals surface area contributed by atoms with Crippen LogP contribution in [0.25, 0.3) is 0 Å². The molecule has 1 N–H and O–H groups in total. The summed E-state index contributed by atoms with van der Waals surface area (Å²) >= 11 is 3.50. The van der Waals surface area contributed by atoms with E-state index in [1.807, 2.05) is 13.0 Å². The SMILES string of the molecule is CCOc1cc(/C=N\NC(=O)c2ccccc2)cc(Br)c1OCc1ccc(F)cc1. The number of nitrogens with one attached hydrogen (secondary N) is 1. The van der Waals surface area contributed by atoms with Gasteiger partial charge >= 0.3 is 0 Å². The molecule has 3 aromatic carbocycles. The van der Waals surface area contributed by atoms with Gasteiger partial charge in [-0.1, -0.05) is 30.3 Å². The molecule has 3 rings (SSSR count). The minimum Gasteiger partial charge on any atom is -0.490 e. The quantitative estimate of drug-likeness (QED) is 0.357. The monoisotopic (exact) mass is 470 g/mol. The van der Waals surface area contributed by atoms with Crippen molar-refractivity contribution in [2.24, 2.45) is 5.10 Å². The van der Waals surface area contributed by atoms with Gasteiger partial charge in [0.25, 0.3) is 5.91 Å². The summed E-state index contributed by atoms with van der Waals surface area (Å²) < 4.78 is 25.3. The van der Waals surface area contributed by atoms with Gasteiger partial charge in [-0.05, 0) is 70.4 Å². The summed E-state index contributed by atoms with van der Waals surface area (Å²) in [5, 5.41) is 4.01. The van der Waals surface area contributed by atoms with Gasteiger partial charge in [0.05, 0.1) is 17.3 Å². The summed E-state index contributed by atoms with van der Waals surface area (Å²) in [5.41, 5.74) is 4.57. The molecule has 7 heteroatoms. The predicted molar refractivity (Wildman–Crippen MR) is 118 cm³/mol. The summed E-state index contributed by atoms with van der Waals surface area (Å²) in [6, 6.07) is 18.5. The van der Waals surface area contributed by atoms with E-state index < -0.39 is 0 Å². The van der Waals surface area contributed by atoms with Crippen LogP contribution in [-0.4, -0.2) is 18.7 Å². The zero-order chi connectivity index (χ0) is 21.3. The molecule has 154 valence electrons. The van der Waals surface area contributed by atoms with Crippen LogP contribution in [0.5, 0.6) is 11.5 Å². The Labute approximate surface area is 182 Å². The van der Waals surface area contributed by atoms with Crippen LogP contribution in [0.1, 0.15) is 28.4 Å². The minimum absolute atomic E-state index is 0.263. The Morgan fingerprint density at radius 2 is 1.83 bits per heavy atom. The lowest BCUT2D eigenvalue weighted by molar-refractivity contribution is 0.0955. The number of rotatable bonds is 8. The molecule has 0 aliphatic heterocycles. The van der Waals surface area contributed by atoms with Crippen LogP contribution < -0.4 is 14.9 Å². The van der Waals surface area contributed by atoms with E-state index in [-0.39, 0.29) is 18.3 Å². The van der Waals surface area contributed by atoms with Crippen LogP contribution in [0.2, 0.25) is 0 Å². The fourth-order valence-corrected chi connectivity index (χ4v) is 3.20. The first-order valence-corrected chi connectivity index (χ1v) is 10.1. The van der Waals surface area contributed by atoms with Crippen LogP contribution in [-0.2, 0) is 6.61 Å². The lowest BCUT2D eigenvalue weighted by Crippen LogP contribution is -2.17. The molecule has 0 radical (unpaired) electrons. The van der Waals surface area contributed by atoms with Crippen LogP contribution in [0.4, 0.5) is 4.39 Å². The highest BCUT2D eigenvalue weighted by molar-refractivity contribution is 9.10. The topological polar surface area (TPSA) is 59.9 Å².